The Morgan fingerprint density at radius 2 is 1.83 bits per heavy atom. The van der Waals surface area contributed by atoms with E-state index in [1.807, 2.05) is 13.8 Å². The van der Waals surface area contributed by atoms with Gasteiger partial charge in [0.1, 0.15) is 0 Å². The predicted octanol–water partition coefficient (Wildman–Crippen LogP) is 4.46. The van der Waals surface area contributed by atoms with E-state index in [4.69, 9.17) is 0 Å². The molecule has 0 unspecified atom stereocenters. The second-order valence-electron chi connectivity index (χ2n) is 8.71. The van der Waals surface area contributed by atoms with E-state index < -0.39 is 23.6 Å². The maximum Gasteiger partial charge on any atom is 0.416 e. The van der Waals surface area contributed by atoms with Gasteiger partial charge in [-0.05, 0) is 29.9 Å². The van der Waals surface area contributed by atoms with Crippen molar-refractivity contribution in [2.75, 3.05) is 19.6 Å². The molecule has 4 nitrogen and oxygen atoms in total. The first kappa shape index (κ1) is 23.2. The number of carbonyl (C=O) groups excluding carboxylic acids is 2. The van der Waals surface area contributed by atoms with Crippen LogP contribution in [-0.4, -0.2) is 36.3 Å². The van der Waals surface area contributed by atoms with Crippen molar-refractivity contribution in [3.05, 3.63) is 35.4 Å². The van der Waals surface area contributed by atoms with Gasteiger partial charge in [-0.2, -0.15) is 13.2 Å². The first-order valence-corrected chi connectivity index (χ1v) is 10.2. The van der Waals surface area contributed by atoms with Gasteiger partial charge in [0.05, 0.1) is 11.5 Å². The zero-order valence-corrected chi connectivity index (χ0v) is 17.6. The number of likely N-dealkylation sites (tertiary alicyclic amines) is 1. The minimum absolute atomic E-state index is 0.0607. The molecule has 0 aliphatic carbocycles. The molecule has 2 atom stereocenters. The van der Waals surface area contributed by atoms with Crippen molar-refractivity contribution in [2.45, 2.75) is 52.6 Å². The molecule has 162 valence electrons. The topological polar surface area (TPSA) is 49.4 Å². The van der Waals surface area contributed by atoms with E-state index in [9.17, 15) is 22.8 Å². The summed E-state index contributed by atoms with van der Waals surface area (Å²) < 4.78 is 39.5. The number of nitrogens with zero attached hydrogens (tertiary/aromatic N) is 1. The number of nitrogens with one attached hydrogen (secondary N) is 1. The summed E-state index contributed by atoms with van der Waals surface area (Å²) in [5, 5.41) is 2.90. The number of amides is 2. The van der Waals surface area contributed by atoms with Crippen molar-refractivity contribution in [1.82, 2.24) is 10.2 Å². The number of halogens is 3. The summed E-state index contributed by atoms with van der Waals surface area (Å²) in [7, 11) is 0. The Balaban J connectivity index is 2.25. The second kappa shape index (κ2) is 9.63. The van der Waals surface area contributed by atoms with Crippen LogP contribution >= 0.6 is 0 Å². The van der Waals surface area contributed by atoms with Crippen molar-refractivity contribution in [2.24, 2.45) is 17.8 Å². The van der Waals surface area contributed by atoms with Crippen LogP contribution in [0, 0.1) is 17.8 Å². The highest BCUT2D eigenvalue weighted by Crippen LogP contribution is 2.37. The standard InChI is InChI=1S/C22H31F3N2O2/c1-14(2)8-9-26-21(29)19-13-27(20(28)10-15(3)4)12-18(19)16-6-5-7-17(11-16)22(23,24)25/h5-7,11,14-15,18-19H,8-10,12-13H2,1-4H3,(H,26,29)/t18-,19-/m0/s1. The fourth-order valence-electron chi connectivity index (χ4n) is 3.65. The molecule has 0 saturated carbocycles. The van der Waals surface area contributed by atoms with E-state index in [1.165, 1.54) is 6.07 Å². The van der Waals surface area contributed by atoms with Crippen molar-refractivity contribution in [3.63, 3.8) is 0 Å². The van der Waals surface area contributed by atoms with Crippen molar-refractivity contribution in [3.8, 4) is 0 Å². The maximum absolute atomic E-state index is 13.2. The van der Waals surface area contributed by atoms with Gasteiger partial charge in [-0.3, -0.25) is 9.59 Å². The Morgan fingerprint density at radius 1 is 1.14 bits per heavy atom. The van der Waals surface area contributed by atoms with E-state index in [1.54, 1.807) is 11.0 Å². The van der Waals surface area contributed by atoms with Crippen LogP contribution in [0.5, 0.6) is 0 Å². The van der Waals surface area contributed by atoms with E-state index in [-0.39, 0.29) is 30.8 Å². The van der Waals surface area contributed by atoms with Crippen molar-refractivity contribution in [1.29, 1.82) is 0 Å². The van der Waals surface area contributed by atoms with E-state index in [0.29, 0.717) is 24.4 Å². The quantitative estimate of drug-likeness (QED) is 0.719. The van der Waals surface area contributed by atoms with Crippen LogP contribution in [-0.2, 0) is 15.8 Å². The highest BCUT2D eigenvalue weighted by molar-refractivity contribution is 5.83. The summed E-state index contributed by atoms with van der Waals surface area (Å²) in [6.45, 7) is 9.00. The predicted molar refractivity (Wildman–Crippen MR) is 106 cm³/mol. The fraction of sp³-hybridized carbons (Fsp3) is 0.636. The van der Waals surface area contributed by atoms with Crippen LogP contribution in [0.25, 0.3) is 0 Å². The molecule has 1 N–H and O–H groups in total. The number of alkyl halides is 3. The second-order valence-corrected chi connectivity index (χ2v) is 8.71. The van der Waals surface area contributed by atoms with Crippen LogP contribution in [0.3, 0.4) is 0 Å². The minimum Gasteiger partial charge on any atom is -0.356 e. The Kier molecular flexibility index (Phi) is 7.72. The zero-order chi connectivity index (χ0) is 21.8. The van der Waals surface area contributed by atoms with Crippen LogP contribution in [0.1, 0.15) is 57.6 Å². The van der Waals surface area contributed by atoms with Crippen molar-refractivity contribution < 1.29 is 22.8 Å². The Morgan fingerprint density at radius 3 is 2.41 bits per heavy atom. The Labute approximate surface area is 170 Å². The summed E-state index contributed by atoms with van der Waals surface area (Å²) in [5.74, 6) is -0.660. The molecule has 0 aromatic heterocycles. The van der Waals surface area contributed by atoms with Gasteiger partial charge < -0.3 is 10.2 Å². The maximum atomic E-state index is 13.2. The van der Waals surface area contributed by atoms with Gasteiger partial charge in [-0.25, -0.2) is 0 Å². The molecule has 0 radical (unpaired) electrons. The van der Waals surface area contributed by atoms with Gasteiger partial charge in [-0.15, -0.1) is 0 Å². The zero-order valence-electron chi connectivity index (χ0n) is 17.6. The number of benzene rings is 1. The lowest BCUT2D eigenvalue weighted by molar-refractivity contribution is -0.137. The third-order valence-electron chi connectivity index (χ3n) is 5.26. The summed E-state index contributed by atoms with van der Waals surface area (Å²) in [6.07, 6.45) is -3.27. The molecule has 7 heteroatoms. The van der Waals surface area contributed by atoms with Gasteiger partial charge in [0.25, 0.3) is 0 Å². The summed E-state index contributed by atoms with van der Waals surface area (Å²) in [6, 6.07) is 5.11. The molecule has 0 spiro atoms. The molecule has 0 bridgehead atoms. The Hall–Kier alpha value is -2.05. The average molecular weight is 412 g/mol. The molecule has 2 amide bonds. The fourth-order valence-corrected chi connectivity index (χ4v) is 3.65. The smallest absolute Gasteiger partial charge is 0.356 e. The lowest BCUT2D eigenvalue weighted by Gasteiger charge is -2.19. The van der Waals surface area contributed by atoms with Crippen LogP contribution in [0.2, 0.25) is 0 Å². The molecule has 29 heavy (non-hydrogen) atoms. The van der Waals surface area contributed by atoms with E-state index >= 15 is 0 Å². The average Bonchev–Trinajstić information content (AvgIpc) is 3.06. The van der Waals surface area contributed by atoms with Gasteiger partial charge in [0.2, 0.25) is 11.8 Å². The first-order valence-electron chi connectivity index (χ1n) is 10.2. The van der Waals surface area contributed by atoms with Gasteiger partial charge in [-0.1, -0.05) is 45.9 Å². The SMILES string of the molecule is CC(C)CCNC(=O)[C@H]1CN(C(=O)CC(C)C)C[C@H]1c1cccc(C(F)(F)F)c1. The van der Waals surface area contributed by atoms with Gasteiger partial charge in [0.15, 0.2) is 0 Å². The van der Waals surface area contributed by atoms with Crippen LogP contribution in [0.15, 0.2) is 24.3 Å². The summed E-state index contributed by atoms with van der Waals surface area (Å²) >= 11 is 0. The van der Waals surface area contributed by atoms with Crippen LogP contribution < -0.4 is 5.32 Å². The van der Waals surface area contributed by atoms with Crippen molar-refractivity contribution >= 4 is 11.8 Å². The van der Waals surface area contributed by atoms with E-state index in [0.717, 1.165) is 18.6 Å². The molecule has 1 fully saturated rings. The highest BCUT2D eigenvalue weighted by Gasteiger charge is 2.41. The normalized spacial score (nSPS) is 19.8. The monoisotopic (exact) mass is 412 g/mol. The molecular formula is C22H31F3N2O2. The largest absolute Gasteiger partial charge is 0.416 e. The Bertz CT molecular complexity index is 716. The van der Waals surface area contributed by atoms with Gasteiger partial charge >= 0.3 is 6.18 Å². The number of hydrogen-bond donors (Lipinski definition) is 1. The molecule has 1 aliphatic heterocycles. The number of hydrogen-bond acceptors (Lipinski definition) is 2. The molecule has 1 saturated heterocycles. The molecule has 1 heterocycles. The molecular weight excluding hydrogens is 381 g/mol. The van der Waals surface area contributed by atoms with Crippen LogP contribution in [0.4, 0.5) is 13.2 Å². The lowest BCUT2D eigenvalue weighted by atomic mass is 9.87. The highest BCUT2D eigenvalue weighted by atomic mass is 19.4. The van der Waals surface area contributed by atoms with Gasteiger partial charge in [0, 0.05) is 32.0 Å². The first-order chi connectivity index (χ1) is 13.5. The molecule has 1 aromatic carbocycles. The third kappa shape index (κ3) is 6.47. The molecule has 1 aromatic rings. The minimum atomic E-state index is -4.45. The number of rotatable bonds is 7. The molecule has 2 rings (SSSR count). The third-order valence-corrected chi connectivity index (χ3v) is 5.26. The summed E-state index contributed by atoms with van der Waals surface area (Å²) in [4.78, 5) is 27.0. The van der Waals surface area contributed by atoms with E-state index in [2.05, 4.69) is 19.2 Å². The summed E-state index contributed by atoms with van der Waals surface area (Å²) in [5.41, 5.74) is -0.287. The number of carbonyl (C=O) groups is 2. The lowest BCUT2D eigenvalue weighted by Crippen LogP contribution is -2.36. The molecule has 1 aliphatic rings.